The van der Waals surface area contributed by atoms with E-state index in [-0.39, 0.29) is 5.82 Å². The first-order valence-corrected chi connectivity index (χ1v) is 5.80. The number of methoxy groups -OCH3 is 1. The van der Waals surface area contributed by atoms with Gasteiger partial charge < -0.3 is 15.8 Å². The van der Waals surface area contributed by atoms with Crippen LogP contribution in [0.1, 0.15) is 11.1 Å². The second kappa shape index (κ2) is 6.10. The lowest BCUT2D eigenvalue weighted by molar-refractivity contribution is 0.396. The zero-order valence-corrected chi connectivity index (χ0v) is 10.6. The Hall–Kier alpha value is -2.21. The van der Waals surface area contributed by atoms with Gasteiger partial charge in [0, 0.05) is 18.7 Å². The number of benzene rings is 1. The first-order valence-electron chi connectivity index (χ1n) is 5.80. The van der Waals surface area contributed by atoms with E-state index in [0.717, 1.165) is 5.56 Å². The van der Waals surface area contributed by atoms with Crippen LogP contribution in [0.25, 0.3) is 0 Å². The molecule has 0 aliphatic rings. The summed E-state index contributed by atoms with van der Waals surface area (Å²) in [6, 6.07) is 4.95. The van der Waals surface area contributed by atoms with Crippen molar-refractivity contribution in [3.8, 4) is 5.88 Å². The molecular formula is C13H15FN4O. The standard InChI is InChI=1S/C13H15FN4O/c1-19-13-8-16-7-12(18-13)17-6-10-3-2-9(5-15)4-11(10)14/h2-4,7-8H,5-6,15H2,1H3,(H,17,18). The maximum atomic E-state index is 13.7. The van der Waals surface area contributed by atoms with Crippen LogP contribution in [0.2, 0.25) is 0 Å². The van der Waals surface area contributed by atoms with Crippen LogP contribution in [-0.4, -0.2) is 17.1 Å². The second-order valence-corrected chi connectivity index (χ2v) is 3.93. The molecule has 0 bridgehead atoms. The van der Waals surface area contributed by atoms with Crippen molar-refractivity contribution in [1.29, 1.82) is 0 Å². The Kier molecular flexibility index (Phi) is 4.25. The average molecular weight is 262 g/mol. The van der Waals surface area contributed by atoms with Gasteiger partial charge in [-0.25, -0.2) is 4.39 Å². The van der Waals surface area contributed by atoms with Gasteiger partial charge in [0.15, 0.2) is 0 Å². The Labute approximate surface area is 110 Å². The lowest BCUT2D eigenvalue weighted by Gasteiger charge is -2.08. The van der Waals surface area contributed by atoms with E-state index in [1.54, 1.807) is 18.3 Å². The summed E-state index contributed by atoms with van der Waals surface area (Å²) in [5.41, 5.74) is 6.76. The predicted octanol–water partition coefficient (Wildman–Crippen LogP) is 1.70. The van der Waals surface area contributed by atoms with Crippen molar-refractivity contribution < 1.29 is 9.13 Å². The Morgan fingerprint density at radius 3 is 2.89 bits per heavy atom. The van der Waals surface area contributed by atoms with Crippen molar-refractivity contribution in [2.24, 2.45) is 5.73 Å². The Bertz CT molecular complexity index is 562. The molecule has 1 heterocycles. The van der Waals surface area contributed by atoms with Crippen molar-refractivity contribution >= 4 is 5.82 Å². The number of nitrogens with two attached hydrogens (primary N) is 1. The fraction of sp³-hybridized carbons (Fsp3) is 0.231. The third kappa shape index (κ3) is 3.38. The van der Waals surface area contributed by atoms with E-state index in [9.17, 15) is 4.39 Å². The molecule has 0 unspecified atom stereocenters. The van der Waals surface area contributed by atoms with Crippen molar-refractivity contribution in [2.75, 3.05) is 12.4 Å². The molecule has 0 spiro atoms. The molecule has 6 heteroatoms. The normalized spacial score (nSPS) is 10.3. The van der Waals surface area contributed by atoms with Gasteiger partial charge in [-0.1, -0.05) is 12.1 Å². The number of aromatic nitrogens is 2. The molecule has 2 rings (SSSR count). The first kappa shape index (κ1) is 13.2. The van der Waals surface area contributed by atoms with Gasteiger partial charge in [-0.15, -0.1) is 0 Å². The maximum absolute atomic E-state index is 13.7. The summed E-state index contributed by atoms with van der Waals surface area (Å²) in [6.45, 7) is 0.643. The van der Waals surface area contributed by atoms with Gasteiger partial charge in [0.2, 0.25) is 5.88 Å². The topological polar surface area (TPSA) is 73.1 Å². The molecule has 0 aliphatic carbocycles. The van der Waals surface area contributed by atoms with E-state index < -0.39 is 0 Å². The van der Waals surface area contributed by atoms with E-state index in [0.29, 0.717) is 30.4 Å². The molecule has 2 aromatic rings. The Morgan fingerprint density at radius 2 is 2.21 bits per heavy atom. The van der Waals surface area contributed by atoms with Crippen LogP contribution < -0.4 is 15.8 Å². The first-order chi connectivity index (χ1) is 9.22. The summed E-state index contributed by atoms with van der Waals surface area (Å²) >= 11 is 0. The molecule has 0 amide bonds. The summed E-state index contributed by atoms with van der Waals surface area (Å²) < 4.78 is 18.7. The third-order valence-electron chi connectivity index (χ3n) is 2.63. The molecule has 5 nitrogen and oxygen atoms in total. The molecule has 100 valence electrons. The number of rotatable bonds is 5. The zero-order valence-electron chi connectivity index (χ0n) is 10.6. The van der Waals surface area contributed by atoms with Crippen LogP contribution in [0.3, 0.4) is 0 Å². The van der Waals surface area contributed by atoms with Crippen LogP contribution in [0.4, 0.5) is 10.2 Å². The minimum atomic E-state index is -0.286. The summed E-state index contributed by atoms with van der Waals surface area (Å²) in [7, 11) is 1.51. The minimum absolute atomic E-state index is 0.286. The summed E-state index contributed by atoms with van der Waals surface area (Å²) in [5.74, 6) is 0.650. The molecule has 3 N–H and O–H groups in total. The minimum Gasteiger partial charge on any atom is -0.480 e. The van der Waals surface area contributed by atoms with Gasteiger partial charge in [-0.05, 0) is 11.6 Å². The number of nitrogens with zero attached hydrogens (tertiary/aromatic N) is 2. The second-order valence-electron chi connectivity index (χ2n) is 3.93. The van der Waals surface area contributed by atoms with Gasteiger partial charge >= 0.3 is 0 Å². The van der Waals surface area contributed by atoms with E-state index in [1.165, 1.54) is 19.4 Å². The van der Waals surface area contributed by atoms with Crippen LogP contribution >= 0.6 is 0 Å². The smallest absolute Gasteiger partial charge is 0.233 e. The number of anilines is 1. The Morgan fingerprint density at radius 1 is 1.37 bits per heavy atom. The lowest BCUT2D eigenvalue weighted by Crippen LogP contribution is -2.05. The van der Waals surface area contributed by atoms with Gasteiger partial charge in [0.05, 0.1) is 19.5 Å². The van der Waals surface area contributed by atoms with Crippen molar-refractivity contribution in [3.05, 3.63) is 47.5 Å². The van der Waals surface area contributed by atoms with Gasteiger partial charge in [0.25, 0.3) is 0 Å². The fourth-order valence-corrected chi connectivity index (χ4v) is 1.58. The van der Waals surface area contributed by atoms with Gasteiger partial charge in [-0.2, -0.15) is 4.98 Å². The number of hydrogen-bond acceptors (Lipinski definition) is 5. The summed E-state index contributed by atoms with van der Waals surface area (Å²) in [4.78, 5) is 8.09. The Balaban J connectivity index is 2.05. The number of nitrogens with one attached hydrogen (secondary N) is 1. The summed E-state index contributed by atoms with van der Waals surface area (Å²) in [5, 5.41) is 2.99. The van der Waals surface area contributed by atoms with E-state index in [1.807, 2.05) is 0 Å². The average Bonchev–Trinajstić information content (AvgIpc) is 2.46. The van der Waals surface area contributed by atoms with Crippen LogP contribution in [0, 0.1) is 5.82 Å². The molecule has 1 aromatic heterocycles. The summed E-state index contributed by atoms with van der Waals surface area (Å²) in [6.07, 6.45) is 3.05. The van der Waals surface area contributed by atoms with Crippen LogP contribution in [0.15, 0.2) is 30.6 Å². The molecule has 1 aromatic carbocycles. The largest absolute Gasteiger partial charge is 0.480 e. The zero-order chi connectivity index (χ0) is 13.7. The fourth-order valence-electron chi connectivity index (χ4n) is 1.58. The lowest BCUT2D eigenvalue weighted by atomic mass is 10.1. The van der Waals surface area contributed by atoms with Gasteiger partial charge in [0.1, 0.15) is 11.6 Å². The van der Waals surface area contributed by atoms with Crippen molar-refractivity contribution in [2.45, 2.75) is 13.1 Å². The highest BCUT2D eigenvalue weighted by molar-refractivity contribution is 5.35. The molecule has 0 fully saturated rings. The van der Waals surface area contributed by atoms with Gasteiger partial charge in [-0.3, -0.25) is 4.98 Å². The van der Waals surface area contributed by atoms with Crippen LogP contribution in [0.5, 0.6) is 5.88 Å². The van der Waals surface area contributed by atoms with E-state index in [2.05, 4.69) is 15.3 Å². The molecule has 0 saturated carbocycles. The van der Waals surface area contributed by atoms with Crippen LogP contribution in [-0.2, 0) is 13.1 Å². The van der Waals surface area contributed by atoms with Crippen molar-refractivity contribution in [1.82, 2.24) is 9.97 Å². The number of hydrogen-bond donors (Lipinski definition) is 2. The molecule has 0 aliphatic heterocycles. The highest BCUT2D eigenvalue weighted by Gasteiger charge is 2.04. The monoisotopic (exact) mass is 262 g/mol. The molecule has 0 atom stereocenters. The highest BCUT2D eigenvalue weighted by atomic mass is 19.1. The molecule has 0 radical (unpaired) electrons. The number of halogens is 1. The number of ether oxygens (including phenoxy) is 1. The maximum Gasteiger partial charge on any atom is 0.233 e. The molecule has 19 heavy (non-hydrogen) atoms. The quantitative estimate of drug-likeness (QED) is 0.858. The van der Waals surface area contributed by atoms with E-state index in [4.69, 9.17) is 10.5 Å². The third-order valence-corrected chi connectivity index (χ3v) is 2.63. The SMILES string of the molecule is COc1cncc(NCc2ccc(CN)cc2F)n1. The highest BCUT2D eigenvalue weighted by Crippen LogP contribution is 2.13. The molecular weight excluding hydrogens is 247 g/mol. The predicted molar refractivity (Wildman–Crippen MR) is 70.2 cm³/mol. The van der Waals surface area contributed by atoms with E-state index >= 15 is 0 Å². The van der Waals surface area contributed by atoms with Crippen molar-refractivity contribution in [3.63, 3.8) is 0 Å². The molecule has 0 saturated heterocycles.